The second kappa shape index (κ2) is 11.9. The number of fused-ring (bicyclic) bond motifs is 1. The van der Waals surface area contributed by atoms with Gasteiger partial charge in [-0.05, 0) is 84.6 Å². The molecule has 0 saturated heterocycles. The van der Waals surface area contributed by atoms with Crippen LogP contribution >= 0.6 is 12.2 Å². The summed E-state index contributed by atoms with van der Waals surface area (Å²) in [6.45, 7) is 1.97. The van der Waals surface area contributed by atoms with Crippen LogP contribution in [0.5, 0.6) is 5.75 Å². The summed E-state index contributed by atoms with van der Waals surface area (Å²) in [7, 11) is 0. The Balaban J connectivity index is 1.32. The van der Waals surface area contributed by atoms with Gasteiger partial charge in [-0.1, -0.05) is 24.3 Å². The quantitative estimate of drug-likeness (QED) is 0.305. The molecular weight excluding hydrogens is 468 g/mol. The number of carbonyl (C=O) groups excluding carboxylic acids is 1. The third-order valence-corrected chi connectivity index (χ3v) is 6.18. The van der Waals surface area contributed by atoms with Gasteiger partial charge < -0.3 is 15.4 Å². The SMILES string of the molecule is O=C(NCCCN1Cc2ccc(F)cc2CC1Cc1ccc(F)cc1)Nc1cccc(OC=S)c1. The van der Waals surface area contributed by atoms with Crippen molar-refractivity contribution < 1.29 is 18.3 Å². The minimum atomic E-state index is -0.299. The van der Waals surface area contributed by atoms with Crippen molar-refractivity contribution in [3.63, 3.8) is 0 Å². The lowest BCUT2D eigenvalue weighted by molar-refractivity contribution is 0.167. The zero-order valence-corrected chi connectivity index (χ0v) is 20.0. The molecule has 0 aromatic heterocycles. The average Bonchev–Trinajstić information content (AvgIpc) is 2.84. The predicted octanol–water partition coefficient (Wildman–Crippen LogP) is 5.48. The van der Waals surface area contributed by atoms with E-state index in [1.165, 1.54) is 18.2 Å². The summed E-state index contributed by atoms with van der Waals surface area (Å²) in [5.74, 6) is 0.0616. The maximum absolute atomic E-state index is 13.8. The van der Waals surface area contributed by atoms with Crippen molar-refractivity contribution in [1.82, 2.24) is 10.2 Å². The van der Waals surface area contributed by atoms with Crippen molar-refractivity contribution in [3.05, 3.63) is 95.1 Å². The number of thiocarbonyl (C=S) groups is 1. The monoisotopic (exact) mass is 495 g/mol. The van der Waals surface area contributed by atoms with Crippen LogP contribution in [0, 0.1) is 11.6 Å². The van der Waals surface area contributed by atoms with Gasteiger partial charge in [-0.15, -0.1) is 0 Å². The van der Waals surface area contributed by atoms with Gasteiger partial charge in [0.15, 0.2) is 5.55 Å². The van der Waals surface area contributed by atoms with Gasteiger partial charge in [-0.3, -0.25) is 4.90 Å². The normalized spacial score (nSPS) is 15.2. The molecule has 2 amide bonds. The van der Waals surface area contributed by atoms with Gasteiger partial charge in [0.05, 0.1) is 0 Å². The van der Waals surface area contributed by atoms with Crippen LogP contribution in [0.4, 0.5) is 19.3 Å². The van der Waals surface area contributed by atoms with Crippen LogP contribution in [0.1, 0.15) is 23.1 Å². The van der Waals surface area contributed by atoms with Gasteiger partial charge in [0, 0.05) is 37.4 Å². The van der Waals surface area contributed by atoms with Crippen molar-refractivity contribution >= 4 is 29.5 Å². The lowest BCUT2D eigenvalue weighted by Crippen LogP contribution is -2.43. The highest BCUT2D eigenvalue weighted by molar-refractivity contribution is 7.78. The number of nitrogens with zero attached hydrogens (tertiary/aromatic N) is 1. The van der Waals surface area contributed by atoms with Crippen LogP contribution in [-0.4, -0.2) is 35.6 Å². The Bertz CT molecular complexity index is 1170. The van der Waals surface area contributed by atoms with Gasteiger partial charge >= 0.3 is 6.03 Å². The summed E-state index contributed by atoms with van der Waals surface area (Å²) >= 11 is 4.68. The Morgan fingerprint density at radius 2 is 1.86 bits per heavy atom. The number of anilines is 1. The maximum atomic E-state index is 13.8. The highest BCUT2D eigenvalue weighted by atomic mass is 32.1. The number of hydrogen-bond acceptors (Lipinski definition) is 4. The molecule has 0 radical (unpaired) electrons. The first-order valence-corrected chi connectivity index (χ1v) is 12.0. The highest BCUT2D eigenvalue weighted by Gasteiger charge is 2.26. The summed E-state index contributed by atoms with van der Waals surface area (Å²) in [5, 5.41) is 5.67. The van der Waals surface area contributed by atoms with Gasteiger partial charge in [0.2, 0.25) is 0 Å². The molecular formula is C27H27F2N3O2S. The molecule has 4 rings (SSSR count). The molecule has 1 atom stereocenters. The zero-order valence-electron chi connectivity index (χ0n) is 19.2. The molecule has 2 N–H and O–H groups in total. The molecule has 0 bridgehead atoms. The van der Waals surface area contributed by atoms with E-state index < -0.39 is 0 Å². The lowest BCUT2D eigenvalue weighted by Gasteiger charge is -2.37. The summed E-state index contributed by atoms with van der Waals surface area (Å²) in [6.07, 6.45) is 2.21. The second-order valence-corrected chi connectivity index (χ2v) is 8.74. The Hall–Kier alpha value is -3.36. The molecule has 3 aromatic rings. The number of amides is 2. The fraction of sp³-hybridized carbons (Fsp3) is 0.259. The third-order valence-electron chi connectivity index (χ3n) is 6.08. The van der Waals surface area contributed by atoms with Gasteiger partial charge in [0.25, 0.3) is 0 Å². The minimum Gasteiger partial charge on any atom is -0.454 e. The standard InChI is InChI=1S/C27H27F2N3O2S/c28-22-8-5-19(6-9-22)13-25-15-21-14-23(29)10-7-20(21)17-32(25)12-2-11-30-27(33)31-24-3-1-4-26(16-24)34-18-35/h1,3-10,14,16,18,25H,2,11-13,15,17H2,(H2,30,31,33). The van der Waals surface area contributed by atoms with Gasteiger partial charge in [-0.2, -0.15) is 0 Å². The topological polar surface area (TPSA) is 53.6 Å². The number of benzene rings is 3. The van der Waals surface area contributed by atoms with Crippen LogP contribution in [0.3, 0.4) is 0 Å². The maximum Gasteiger partial charge on any atom is 0.319 e. The summed E-state index contributed by atoms with van der Waals surface area (Å²) in [6, 6.07) is 18.3. The highest BCUT2D eigenvalue weighted by Crippen LogP contribution is 2.26. The first-order valence-electron chi connectivity index (χ1n) is 11.5. The van der Waals surface area contributed by atoms with Crippen LogP contribution in [0.15, 0.2) is 66.7 Å². The van der Waals surface area contributed by atoms with Gasteiger partial charge in [-0.25, -0.2) is 13.6 Å². The van der Waals surface area contributed by atoms with E-state index in [1.54, 1.807) is 42.5 Å². The van der Waals surface area contributed by atoms with Crippen molar-refractivity contribution in [2.45, 2.75) is 31.8 Å². The number of hydrogen-bond donors (Lipinski definition) is 2. The van der Waals surface area contributed by atoms with E-state index >= 15 is 0 Å². The number of urea groups is 1. The van der Waals surface area contributed by atoms with E-state index in [0.29, 0.717) is 24.5 Å². The molecule has 0 fully saturated rings. The van der Waals surface area contributed by atoms with Crippen LogP contribution < -0.4 is 15.4 Å². The van der Waals surface area contributed by atoms with Crippen LogP contribution in [-0.2, 0) is 19.4 Å². The molecule has 1 unspecified atom stereocenters. The lowest BCUT2D eigenvalue weighted by atomic mass is 9.90. The molecule has 3 aromatic carbocycles. The molecule has 182 valence electrons. The minimum absolute atomic E-state index is 0.160. The predicted molar refractivity (Wildman–Crippen MR) is 137 cm³/mol. The van der Waals surface area contributed by atoms with Crippen molar-refractivity contribution in [3.8, 4) is 5.75 Å². The van der Waals surface area contributed by atoms with Crippen LogP contribution in [0.25, 0.3) is 0 Å². The number of nitrogens with one attached hydrogen (secondary N) is 2. The second-order valence-electron chi connectivity index (χ2n) is 8.55. The van der Waals surface area contributed by atoms with E-state index in [0.717, 1.165) is 48.1 Å². The summed E-state index contributed by atoms with van der Waals surface area (Å²) < 4.78 is 32.3. The van der Waals surface area contributed by atoms with E-state index in [4.69, 9.17) is 4.74 Å². The van der Waals surface area contributed by atoms with Crippen molar-refractivity contribution in [2.75, 3.05) is 18.4 Å². The Labute approximate surface area is 209 Å². The fourth-order valence-corrected chi connectivity index (χ4v) is 4.50. The number of rotatable bonds is 9. The molecule has 0 aliphatic carbocycles. The number of halogens is 2. The average molecular weight is 496 g/mol. The number of carbonyl (C=O) groups is 1. The molecule has 35 heavy (non-hydrogen) atoms. The Morgan fingerprint density at radius 3 is 2.66 bits per heavy atom. The van der Waals surface area contributed by atoms with Crippen LogP contribution in [0.2, 0.25) is 0 Å². The largest absolute Gasteiger partial charge is 0.454 e. The molecule has 8 heteroatoms. The van der Waals surface area contributed by atoms with Crippen molar-refractivity contribution in [2.24, 2.45) is 0 Å². The molecule has 0 saturated carbocycles. The van der Waals surface area contributed by atoms with Gasteiger partial charge in [0.1, 0.15) is 17.4 Å². The molecule has 5 nitrogen and oxygen atoms in total. The first-order chi connectivity index (χ1) is 17.0. The van der Waals surface area contributed by atoms with Crippen molar-refractivity contribution in [1.29, 1.82) is 0 Å². The van der Waals surface area contributed by atoms with E-state index in [-0.39, 0.29) is 23.7 Å². The van der Waals surface area contributed by atoms with E-state index in [1.807, 2.05) is 6.07 Å². The molecule has 1 aliphatic rings. The smallest absolute Gasteiger partial charge is 0.319 e. The van der Waals surface area contributed by atoms with E-state index in [2.05, 4.69) is 27.8 Å². The Kier molecular flexibility index (Phi) is 8.39. The summed E-state index contributed by atoms with van der Waals surface area (Å²) in [4.78, 5) is 14.6. The Morgan fingerprint density at radius 1 is 1.06 bits per heavy atom. The summed E-state index contributed by atoms with van der Waals surface area (Å²) in [5.41, 5.74) is 4.95. The van der Waals surface area contributed by atoms with E-state index in [9.17, 15) is 13.6 Å². The molecule has 1 heterocycles. The molecule has 1 aliphatic heterocycles. The fourth-order valence-electron chi connectivity index (χ4n) is 4.39. The third kappa shape index (κ3) is 7.07. The first kappa shape index (κ1) is 24.8. The zero-order chi connectivity index (χ0) is 24.6. The number of ether oxygens (including phenoxy) is 1. The molecule has 0 spiro atoms.